The van der Waals surface area contributed by atoms with E-state index in [1.54, 1.807) is 0 Å². The molecule has 0 aliphatic heterocycles. The van der Waals surface area contributed by atoms with Crippen molar-refractivity contribution in [2.24, 2.45) is 0 Å². The second-order valence-corrected chi connectivity index (χ2v) is 15.7. The van der Waals surface area contributed by atoms with Gasteiger partial charge < -0.3 is 33.3 Å². The number of hydrogen-bond donors (Lipinski definition) is 0. The fourth-order valence-electron chi connectivity index (χ4n) is 6.42. The maximum Gasteiger partial charge on any atom is 0.508 e. The molecule has 0 amide bonds. The molecule has 1 aromatic rings. The summed E-state index contributed by atoms with van der Waals surface area (Å²) in [5.74, 6) is 1.28. The zero-order valence-electron chi connectivity index (χ0n) is 36.9. The van der Waals surface area contributed by atoms with Crippen LogP contribution in [0.3, 0.4) is 0 Å². The highest BCUT2D eigenvalue weighted by Gasteiger charge is 2.12. The van der Waals surface area contributed by atoms with Gasteiger partial charge in [-0.25, -0.2) is 4.79 Å². The van der Waals surface area contributed by atoms with Crippen LogP contribution in [0.15, 0.2) is 18.2 Å². The SMILES string of the molecule is CCCCCCCCCC(=O)OCCCCCCCCOc1ccc(OCCCCCCCCOC(=O)CCCCCCC)cc1COC(=O)OCCCN(C)C. The first kappa shape index (κ1) is 52.0. The average molecular weight is 806 g/mol. The van der Waals surface area contributed by atoms with Gasteiger partial charge in [0.05, 0.1) is 33.0 Å². The van der Waals surface area contributed by atoms with E-state index in [1.165, 1.54) is 51.4 Å². The molecular formula is C47H83NO9. The Bertz CT molecular complexity index is 1110. The summed E-state index contributed by atoms with van der Waals surface area (Å²) in [6, 6.07) is 5.69. The molecule has 0 aromatic heterocycles. The summed E-state index contributed by atoms with van der Waals surface area (Å²) >= 11 is 0. The van der Waals surface area contributed by atoms with Crippen LogP contribution in [0, 0.1) is 0 Å². The van der Waals surface area contributed by atoms with E-state index in [0.29, 0.717) is 51.6 Å². The standard InChI is InChI=1S/C47H83NO9/c1-5-7-9-11-12-18-24-31-46(50)55-38-28-22-16-14-20-26-36-53-44-33-32-43(40-42(44)41-57-47(51)56-39-29-34-48(3)4)52-35-25-19-13-15-21-27-37-54-45(49)30-23-17-10-8-6-2/h32-33,40H,5-31,34-39,41H2,1-4H3. The highest BCUT2D eigenvalue weighted by molar-refractivity contribution is 5.69. The molecule has 0 aliphatic carbocycles. The summed E-state index contributed by atoms with van der Waals surface area (Å²) in [6.45, 7) is 7.81. The number of unbranched alkanes of at least 4 members (excludes halogenated alkanes) is 20. The van der Waals surface area contributed by atoms with E-state index in [9.17, 15) is 14.4 Å². The van der Waals surface area contributed by atoms with Gasteiger partial charge in [0.15, 0.2) is 0 Å². The van der Waals surface area contributed by atoms with Crippen molar-refractivity contribution in [3.05, 3.63) is 23.8 Å². The summed E-state index contributed by atoms with van der Waals surface area (Å²) in [4.78, 5) is 38.2. The number of hydrogen-bond acceptors (Lipinski definition) is 10. The second kappa shape index (κ2) is 38.5. The molecule has 0 radical (unpaired) electrons. The monoisotopic (exact) mass is 806 g/mol. The predicted molar refractivity (Wildman–Crippen MR) is 230 cm³/mol. The lowest BCUT2D eigenvalue weighted by atomic mass is 10.1. The lowest BCUT2D eigenvalue weighted by Gasteiger charge is -2.15. The normalized spacial score (nSPS) is 11.1. The van der Waals surface area contributed by atoms with E-state index in [-0.39, 0.29) is 18.5 Å². The van der Waals surface area contributed by atoms with Crippen LogP contribution in [0.4, 0.5) is 4.79 Å². The van der Waals surface area contributed by atoms with E-state index in [2.05, 4.69) is 13.8 Å². The Labute approximate surface area is 347 Å². The molecule has 0 aliphatic rings. The molecule has 1 aromatic carbocycles. The van der Waals surface area contributed by atoms with Crippen LogP contribution in [0.1, 0.15) is 193 Å². The zero-order chi connectivity index (χ0) is 41.4. The fourth-order valence-corrected chi connectivity index (χ4v) is 6.42. The second-order valence-electron chi connectivity index (χ2n) is 15.7. The summed E-state index contributed by atoms with van der Waals surface area (Å²) in [7, 11) is 3.96. The molecular weight excluding hydrogens is 723 g/mol. The maximum atomic E-state index is 12.3. The molecule has 0 atom stereocenters. The number of ether oxygens (including phenoxy) is 6. The minimum Gasteiger partial charge on any atom is -0.494 e. The van der Waals surface area contributed by atoms with Gasteiger partial charge in [-0.2, -0.15) is 0 Å². The van der Waals surface area contributed by atoms with Gasteiger partial charge in [-0.05, 0) is 77.2 Å². The Hall–Kier alpha value is -3.01. The number of benzene rings is 1. The van der Waals surface area contributed by atoms with Crippen LogP contribution < -0.4 is 9.47 Å². The Morgan fingerprint density at radius 1 is 0.474 bits per heavy atom. The minimum atomic E-state index is -0.690. The highest BCUT2D eigenvalue weighted by Crippen LogP contribution is 2.26. The van der Waals surface area contributed by atoms with Crippen LogP contribution >= 0.6 is 0 Å². The zero-order valence-corrected chi connectivity index (χ0v) is 36.9. The van der Waals surface area contributed by atoms with Crippen molar-refractivity contribution >= 4 is 18.1 Å². The Morgan fingerprint density at radius 3 is 1.42 bits per heavy atom. The van der Waals surface area contributed by atoms with E-state index in [4.69, 9.17) is 28.4 Å². The van der Waals surface area contributed by atoms with Gasteiger partial charge in [-0.3, -0.25) is 9.59 Å². The molecule has 1 rings (SSSR count). The van der Waals surface area contributed by atoms with Crippen molar-refractivity contribution in [3.63, 3.8) is 0 Å². The molecule has 10 heteroatoms. The first-order valence-corrected chi connectivity index (χ1v) is 23.0. The van der Waals surface area contributed by atoms with Crippen LogP contribution in [-0.2, 0) is 35.1 Å². The minimum absolute atomic E-state index is 0.0386. The molecule has 0 saturated heterocycles. The molecule has 0 fully saturated rings. The van der Waals surface area contributed by atoms with Gasteiger partial charge in [0, 0.05) is 24.9 Å². The fraction of sp³-hybridized carbons (Fsp3) is 0.809. The van der Waals surface area contributed by atoms with Crippen LogP contribution in [0.25, 0.3) is 0 Å². The Kier molecular flexibility index (Phi) is 35.1. The first-order valence-electron chi connectivity index (χ1n) is 23.0. The van der Waals surface area contributed by atoms with E-state index >= 15 is 0 Å². The predicted octanol–water partition coefficient (Wildman–Crippen LogP) is 12.3. The summed E-state index contributed by atoms with van der Waals surface area (Å²) in [5, 5.41) is 0. The Morgan fingerprint density at radius 2 is 0.912 bits per heavy atom. The largest absolute Gasteiger partial charge is 0.508 e. The maximum absolute atomic E-state index is 12.3. The number of esters is 2. The smallest absolute Gasteiger partial charge is 0.494 e. The lowest BCUT2D eigenvalue weighted by Crippen LogP contribution is -2.16. The molecule has 57 heavy (non-hydrogen) atoms. The van der Waals surface area contributed by atoms with Crippen LogP contribution in [0.2, 0.25) is 0 Å². The van der Waals surface area contributed by atoms with E-state index in [1.807, 2.05) is 37.2 Å². The third-order valence-electron chi connectivity index (χ3n) is 9.95. The van der Waals surface area contributed by atoms with Gasteiger partial charge in [-0.15, -0.1) is 0 Å². The van der Waals surface area contributed by atoms with Crippen molar-refractivity contribution in [2.45, 2.75) is 194 Å². The van der Waals surface area contributed by atoms with Gasteiger partial charge >= 0.3 is 18.1 Å². The third kappa shape index (κ3) is 33.6. The molecule has 10 nitrogen and oxygen atoms in total. The van der Waals surface area contributed by atoms with Gasteiger partial charge in [0.25, 0.3) is 0 Å². The van der Waals surface area contributed by atoms with Crippen molar-refractivity contribution in [3.8, 4) is 11.5 Å². The number of carbonyl (C=O) groups is 3. The number of nitrogens with zero attached hydrogens (tertiary/aromatic N) is 1. The van der Waals surface area contributed by atoms with Gasteiger partial charge in [0.1, 0.15) is 18.1 Å². The molecule has 0 spiro atoms. The van der Waals surface area contributed by atoms with Crippen LogP contribution in [0.5, 0.6) is 11.5 Å². The Balaban J connectivity index is 2.31. The van der Waals surface area contributed by atoms with Crippen molar-refractivity contribution < 1.29 is 42.8 Å². The summed E-state index contributed by atoms with van der Waals surface area (Å²) in [5.41, 5.74) is 0.747. The molecule has 0 saturated carbocycles. The molecule has 0 heterocycles. The lowest BCUT2D eigenvalue weighted by molar-refractivity contribution is -0.144. The van der Waals surface area contributed by atoms with Crippen molar-refractivity contribution in [2.75, 3.05) is 53.7 Å². The van der Waals surface area contributed by atoms with E-state index in [0.717, 1.165) is 127 Å². The number of rotatable bonds is 40. The topological polar surface area (TPSA) is 110 Å². The van der Waals surface area contributed by atoms with Crippen LogP contribution in [-0.4, -0.2) is 76.7 Å². The first-order chi connectivity index (χ1) is 27.8. The molecule has 0 N–H and O–H groups in total. The van der Waals surface area contributed by atoms with Crippen molar-refractivity contribution in [1.82, 2.24) is 4.90 Å². The molecule has 0 bridgehead atoms. The number of carbonyl (C=O) groups excluding carboxylic acids is 3. The molecule has 330 valence electrons. The highest BCUT2D eigenvalue weighted by atomic mass is 16.7. The van der Waals surface area contributed by atoms with Gasteiger partial charge in [-0.1, -0.05) is 129 Å². The average Bonchev–Trinajstić information content (AvgIpc) is 3.20. The molecule has 0 unspecified atom stereocenters. The summed E-state index contributed by atoms with van der Waals surface area (Å²) in [6.07, 6.45) is 27.6. The van der Waals surface area contributed by atoms with Crippen molar-refractivity contribution in [1.29, 1.82) is 0 Å². The summed E-state index contributed by atoms with van der Waals surface area (Å²) < 4.78 is 33.7. The third-order valence-corrected chi connectivity index (χ3v) is 9.95. The van der Waals surface area contributed by atoms with E-state index < -0.39 is 6.16 Å². The quantitative estimate of drug-likeness (QED) is 0.0361. The van der Waals surface area contributed by atoms with Gasteiger partial charge in [0.2, 0.25) is 0 Å².